The predicted molar refractivity (Wildman–Crippen MR) is 39.5 cm³/mol. The maximum atomic E-state index is 10.4. The van der Waals surface area contributed by atoms with Gasteiger partial charge in [0.2, 0.25) is 0 Å². The van der Waals surface area contributed by atoms with Crippen LogP contribution >= 0.6 is 0 Å². The molecule has 2 N–H and O–H groups in total. The number of aliphatic carboxylic acids is 2. The molecule has 0 aromatic carbocycles. The Labute approximate surface area is 82.7 Å². The summed E-state index contributed by atoms with van der Waals surface area (Å²) in [7, 11) is 0. The molecular weight excluding hydrogens is 160 g/mol. The van der Waals surface area contributed by atoms with Gasteiger partial charge in [0.1, 0.15) is 0 Å². The summed E-state index contributed by atoms with van der Waals surface area (Å²) in [5.74, 6) is -2.41. The molecule has 0 aromatic heterocycles. The Morgan fingerprint density at radius 1 is 1.18 bits per heavy atom. The molecule has 4 nitrogen and oxygen atoms in total. The Bertz CT molecular complexity index is 177. The van der Waals surface area contributed by atoms with Crippen LogP contribution in [0.5, 0.6) is 0 Å². The first-order valence-corrected chi connectivity index (χ1v) is 3.06. The van der Waals surface area contributed by atoms with Gasteiger partial charge in [0.15, 0.2) is 5.41 Å². The van der Waals surface area contributed by atoms with Crippen LogP contribution in [-0.2, 0) is 9.59 Å². The Balaban J connectivity index is -0.000000333. The SMILES string of the molecule is O=C(O)C1(C(=O)O)CCC1.[H-].[H-].[Mg+2]. The fraction of sp³-hybridized carbons (Fsp3) is 0.667. The zero-order chi connectivity index (χ0) is 7.78. The summed E-state index contributed by atoms with van der Waals surface area (Å²) in [4.78, 5) is 20.7. The Hall–Kier alpha value is -0.294. The molecule has 1 aliphatic carbocycles. The summed E-state index contributed by atoms with van der Waals surface area (Å²) in [6.45, 7) is 0. The molecule has 1 aliphatic rings. The smallest absolute Gasteiger partial charge is 1.00 e. The number of rotatable bonds is 2. The molecule has 60 valence electrons. The summed E-state index contributed by atoms with van der Waals surface area (Å²) >= 11 is 0. The van der Waals surface area contributed by atoms with Crippen LogP contribution in [0, 0.1) is 5.41 Å². The molecule has 11 heavy (non-hydrogen) atoms. The number of hydrogen-bond acceptors (Lipinski definition) is 2. The van der Waals surface area contributed by atoms with Crippen molar-refractivity contribution in [2.45, 2.75) is 19.3 Å². The largest absolute Gasteiger partial charge is 2.00 e. The first kappa shape index (κ1) is 10.7. The maximum Gasteiger partial charge on any atom is 2.00 e. The summed E-state index contributed by atoms with van der Waals surface area (Å²) < 4.78 is 0. The van der Waals surface area contributed by atoms with Crippen LogP contribution in [0.1, 0.15) is 22.1 Å². The molecule has 0 aromatic rings. The average molecular weight is 170 g/mol. The molecule has 1 fully saturated rings. The normalized spacial score (nSPS) is 19.3. The molecule has 0 atom stereocenters. The van der Waals surface area contributed by atoms with E-state index >= 15 is 0 Å². The second kappa shape index (κ2) is 3.40. The van der Waals surface area contributed by atoms with E-state index in [1.165, 1.54) is 0 Å². The Morgan fingerprint density at radius 3 is 1.55 bits per heavy atom. The van der Waals surface area contributed by atoms with Crippen molar-refractivity contribution in [1.29, 1.82) is 0 Å². The van der Waals surface area contributed by atoms with Crippen LogP contribution in [0.4, 0.5) is 0 Å². The van der Waals surface area contributed by atoms with E-state index in [0.29, 0.717) is 6.42 Å². The summed E-state index contributed by atoms with van der Waals surface area (Å²) in [6.07, 6.45) is 1.26. The van der Waals surface area contributed by atoms with E-state index < -0.39 is 17.4 Å². The van der Waals surface area contributed by atoms with Gasteiger partial charge in [-0.1, -0.05) is 0 Å². The molecule has 1 rings (SSSR count). The molecule has 0 aliphatic heterocycles. The summed E-state index contributed by atoms with van der Waals surface area (Å²) in [5.41, 5.74) is -1.44. The third-order valence-electron chi connectivity index (χ3n) is 2.03. The molecule has 0 heterocycles. The van der Waals surface area contributed by atoms with Crippen molar-refractivity contribution in [2.24, 2.45) is 5.41 Å². The summed E-state index contributed by atoms with van der Waals surface area (Å²) in [6, 6.07) is 0. The van der Waals surface area contributed by atoms with Gasteiger partial charge in [0, 0.05) is 0 Å². The Kier molecular flexibility index (Phi) is 3.31. The molecule has 0 spiro atoms. The van der Waals surface area contributed by atoms with Crippen LogP contribution < -0.4 is 0 Å². The molecule has 5 heteroatoms. The third kappa shape index (κ3) is 1.48. The average Bonchev–Trinajstić information content (AvgIpc) is 1.57. The van der Waals surface area contributed by atoms with E-state index in [4.69, 9.17) is 10.2 Å². The number of carboxylic acids is 2. The van der Waals surface area contributed by atoms with E-state index in [-0.39, 0.29) is 38.7 Å². The maximum absolute atomic E-state index is 10.4. The van der Waals surface area contributed by atoms with Crippen LogP contribution in [0.3, 0.4) is 0 Å². The zero-order valence-corrected chi connectivity index (χ0v) is 7.45. The standard InChI is InChI=1S/C6H8O4.Mg.2H/c7-4(8)6(5(9)10)2-1-3-6;;;/h1-3H2,(H,7,8)(H,9,10);;;/q;+2;2*-1. The number of carboxylic acid groups (broad SMARTS) is 2. The minimum atomic E-state index is -1.44. The van der Waals surface area contributed by atoms with Gasteiger partial charge in [-0.15, -0.1) is 0 Å². The molecule has 0 unspecified atom stereocenters. The van der Waals surface area contributed by atoms with Crippen molar-refractivity contribution < 1.29 is 22.7 Å². The summed E-state index contributed by atoms with van der Waals surface area (Å²) in [5, 5.41) is 16.9. The fourth-order valence-corrected chi connectivity index (χ4v) is 1.05. The minimum Gasteiger partial charge on any atom is -1.00 e. The van der Waals surface area contributed by atoms with Crippen molar-refractivity contribution in [3.63, 3.8) is 0 Å². The van der Waals surface area contributed by atoms with Crippen molar-refractivity contribution in [3.8, 4) is 0 Å². The van der Waals surface area contributed by atoms with Gasteiger partial charge in [-0.3, -0.25) is 9.59 Å². The monoisotopic (exact) mass is 170 g/mol. The molecule has 0 bridgehead atoms. The van der Waals surface area contributed by atoms with Crippen LogP contribution in [-0.4, -0.2) is 45.2 Å². The predicted octanol–water partition coefficient (Wildman–Crippen LogP) is 0.170. The molecule has 0 radical (unpaired) electrons. The molecule has 0 amide bonds. The van der Waals surface area contributed by atoms with Gasteiger partial charge < -0.3 is 13.1 Å². The van der Waals surface area contributed by atoms with E-state index in [0.717, 1.165) is 0 Å². The molecule has 1 saturated carbocycles. The van der Waals surface area contributed by atoms with Crippen molar-refractivity contribution in [3.05, 3.63) is 0 Å². The van der Waals surface area contributed by atoms with E-state index in [1.54, 1.807) is 0 Å². The second-order valence-electron chi connectivity index (χ2n) is 2.55. The second-order valence-corrected chi connectivity index (χ2v) is 2.55. The van der Waals surface area contributed by atoms with Gasteiger partial charge in [0.05, 0.1) is 0 Å². The fourth-order valence-electron chi connectivity index (χ4n) is 1.05. The zero-order valence-electron chi connectivity index (χ0n) is 8.04. The van der Waals surface area contributed by atoms with E-state index in [9.17, 15) is 9.59 Å². The quantitative estimate of drug-likeness (QED) is 0.458. The first-order chi connectivity index (χ1) is 4.59. The van der Waals surface area contributed by atoms with Gasteiger partial charge in [-0.25, -0.2) is 0 Å². The molecule has 0 saturated heterocycles. The van der Waals surface area contributed by atoms with Crippen LogP contribution in [0.2, 0.25) is 0 Å². The topological polar surface area (TPSA) is 74.6 Å². The van der Waals surface area contributed by atoms with E-state index in [1.807, 2.05) is 0 Å². The molecular formula is C6H10MgO4. The van der Waals surface area contributed by atoms with Gasteiger partial charge in [0.25, 0.3) is 0 Å². The van der Waals surface area contributed by atoms with Crippen LogP contribution in [0.25, 0.3) is 0 Å². The van der Waals surface area contributed by atoms with Gasteiger partial charge >= 0.3 is 35.0 Å². The first-order valence-electron chi connectivity index (χ1n) is 3.06. The van der Waals surface area contributed by atoms with Crippen molar-refractivity contribution in [1.82, 2.24) is 0 Å². The number of hydrogen-bond donors (Lipinski definition) is 2. The van der Waals surface area contributed by atoms with Gasteiger partial charge in [-0.05, 0) is 19.3 Å². The van der Waals surface area contributed by atoms with Crippen LogP contribution in [0.15, 0.2) is 0 Å². The Morgan fingerprint density at radius 2 is 1.55 bits per heavy atom. The third-order valence-corrected chi connectivity index (χ3v) is 2.03. The van der Waals surface area contributed by atoms with E-state index in [2.05, 4.69) is 0 Å². The minimum absolute atomic E-state index is 0. The van der Waals surface area contributed by atoms with Crippen molar-refractivity contribution in [2.75, 3.05) is 0 Å². The van der Waals surface area contributed by atoms with Crippen molar-refractivity contribution >= 4 is 35.0 Å². The number of carbonyl (C=O) groups is 2. The van der Waals surface area contributed by atoms with Gasteiger partial charge in [-0.2, -0.15) is 0 Å².